The van der Waals surface area contributed by atoms with Crippen LogP contribution >= 0.6 is 0 Å². The average molecular weight is 346 g/mol. The number of carboxylic acid groups (broad SMARTS) is 1. The second kappa shape index (κ2) is 8.18. The number of fused-ring (bicyclic) bond motifs is 1. The van der Waals surface area contributed by atoms with Gasteiger partial charge in [-0.25, -0.2) is 9.59 Å². The number of nitrogens with two attached hydrogens (primary N) is 1. The topological polar surface area (TPSA) is 126 Å². The molecule has 0 aliphatic carbocycles. The summed E-state index contributed by atoms with van der Waals surface area (Å²) in [4.78, 5) is 34.2. The summed E-state index contributed by atoms with van der Waals surface area (Å²) >= 11 is 0. The molecule has 1 atom stereocenters. The lowest BCUT2D eigenvalue weighted by Crippen LogP contribution is -2.43. The number of urea groups is 1. The van der Waals surface area contributed by atoms with Crippen molar-refractivity contribution in [3.63, 3.8) is 0 Å². The number of rotatable bonds is 8. The molecule has 134 valence electrons. The van der Waals surface area contributed by atoms with Crippen molar-refractivity contribution in [1.82, 2.24) is 15.2 Å². The summed E-state index contributed by atoms with van der Waals surface area (Å²) in [6.45, 7) is 2.20. The van der Waals surface area contributed by atoms with E-state index < -0.39 is 18.0 Å². The Kier molecular flexibility index (Phi) is 5.99. The van der Waals surface area contributed by atoms with Crippen molar-refractivity contribution in [3.8, 4) is 0 Å². The molecule has 3 amide bonds. The minimum Gasteiger partial charge on any atom is -0.480 e. The summed E-state index contributed by atoms with van der Waals surface area (Å²) in [6.07, 6.45) is 0.596. The predicted octanol–water partition coefficient (Wildman–Crippen LogP) is 0.968. The van der Waals surface area contributed by atoms with Crippen LogP contribution in [0.5, 0.6) is 0 Å². The van der Waals surface area contributed by atoms with E-state index >= 15 is 0 Å². The summed E-state index contributed by atoms with van der Waals surface area (Å²) in [5, 5.41) is 15.2. The van der Waals surface area contributed by atoms with Gasteiger partial charge >= 0.3 is 12.0 Å². The van der Waals surface area contributed by atoms with Crippen LogP contribution in [0.15, 0.2) is 30.3 Å². The fraction of sp³-hybridized carbons (Fsp3) is 0.353. The van der Waals surface area contributed by atoms with Crippen molar-refractivity contribution in [2.45, 2.75) is 32.4 Å². The Balaban J connectivity index is 1.97. The summed E-state index contributed by atoms with van der Waals surface area (Å²) in [7, 11) is 0. The van der Waals surface area contributed by atoms with E-state index in [2.05, 4.69) is 10.6 Å². The summed E-state index contributed by atoms with van der Waals surface area (Å²) < 4.78 is 1.85. The number of carbonyl (C=O) groups excluding carboxylic acids is 2. The fourth-order valence-electron chi connectivity index (χ4n) is 2.72. The van der Waals surface area contributed by atoms with Gasteiger partial charge in [0, 0.05) is 17.8 Å². The van der Waals surface area contributed by atoms with Gasteiger partial charge in [-0.3, -0.25) is 4.79 Å². The van der Waals surface area contributed by atoms with Crippen molar-refractivity contribution < 1.29 is 19.5 Å². The standard InChI is InChI=1S/C17H22N4O4/c1-11-9-12-5-2-3-7-14(12)21(11)10-15(22)20-13(16(23)24)6-4-8-19-17(18)25/h2-3,5,7,9,13H,4,6,8,10H2,1H3,(H,20,22)(H,23,24)(H3,18,19,25). The van der Waals surface area contributed by atoms with Crippen LogP contribution in [0.25, 0.3) is 10.9 Å². The minimum atomic E-state index is -1.11. The van der Waals surface area contributed by atoms with Gasteiger partial charge in [-0.2, -0.15) is 0 Å². The molecule has 1 unspecified atom stereocenters. The molecule has 2 rings (SSSR count). The molecule has 25 heavy (non-hydrogen) atoms. The first-order chi connectivity index (χ1) is 11.9. The van der Waals surface area contributed by atoms with Crippen LogP contribution in [0.3, 0.4) is 0 Å². The number of amides is 3. The molecule has 5 N–H and O–H groups in total. The van der Waals surface area contributed by atoms with E-state index in [1.807, 2.05) is 41.8 Å². The first kappa shape index (κ1) is 18.3. The third kappa shape index (κ3) is 4.97. The number of carbonyl (C=O) groups is 3. The Hall–Kier alpha value is -3.03. The van der Waals surface area contributed by atoms with E-state index in [0.717, 1.165) is 16.6 Å². The number of nitrogens with one attached hydrogen (secondary N) is 2. The number of aliphatic carboxylic acids is 1. The maximum absolute atomic E-state index is 12.3. The van der Waals surface area contributed by atoms with Gasteiger partial charge < -0.3 is 26.0 Å². The van der Waals surface area contributed by atoms with Crippen LogP contribution in [-0.4, -0.2) is 40.2 Å². The van der Waals surface area contributed by atoms with E-state index in [4.69, 9.17) is 5.73 Å². The Labute approximate surface area is 145 Å². The predicted molar refractivity (Wildman–Crippen MR) is 93.1 cm³/mol. The van der Waals surface area contributed by atoms with E-state index in [-0.39, 0.29) is 25.4 Å². The van der Waals surface area contributed by atoms with E-state index in [0.29, 0.717) is 6.42 Å². The number of carboxylic acids is 1. The number of aromatic nitrogens is 1. The zero-order valence-electron chi connectivity index (χ0n) is 14.0. The van der Waals surface area contributed by atoms with Crippen molar-refractivity contribution in [1.29, 1.82) is 0 Å². The molecule has 0 saturated carbocycles. The summed E-state index contributed by atoms with van der Waals surface area (Å²) in [5.41, 5.74) is 6.79. The molecule has 8 heteroatoms. The minimum absolute atomic E-state index is 0.0443. The highest BCUT2D eigenvalue weighted by Gasteiger charge is 2.20. The quantitative estimate of drug-likeness (QED) is 0.531. The molecule has 0 spiro atoms. The van der Waals surface area contributed by atoms with Gasteiger partial charge in [0.15, 0.2) is 0 Å². The molecule has 0 bridgehead atoms. The normalized spacial score (nSPS) is 11.9. The maximum atomic E-state index is 12.3. The van der Waals surface area contributed by atoms with Crippen LogP contribution in [0, 0.1) is 6.92 Å². The maximum Gasteiger partial charge on any atom is 0.326 e. The lowest BCUT2D eigenvalue weighted by atomic mass is 10.1. The Morgan fingerprint density at radius 1 is 1.28 bits per heavy atom. The highest BCUT2D eigenvalue weighted by molar-refractivity contribution is 5.86. The molecule has 8 nitrogen and oxygen atoms in total. The first-order valence-corrected chi connectivity index (χ1v) is 7.99. The molecule has 1 aromatic carbocycles. The van der Waals surface area contributed by atoms with Crippen molar-refractivity contribution in [3.05, 3.63) is 36.0 Å². The van der Waals surface area contributed by atoms with Crippen molar-refractivity contribution in [2.24, 2.45) is 5.73 Å². The third-order valence-corrected chi connectivity index (χ3v) is 3.92. The third-order valence-electron chi connectivity index (χ3n) is 3.92. The highest BCUT2D eigenvalue weighted by Crippen LogP contribution is 2.18. The number of nitrogens with zero attached hydrogens (tertiary/aromatic N) is 1. The lowest BCUT2D eigenvalue weighted by molar-refractivity contribution is -0.142. The monoisotopic (exact) mass is 346 g/mol. The van der Waals surface area contributed by atoms with Crippen LogP contribution in [0.2, 0.25) is 0 Å². The van der Waals surface area contributed by atoms with Crippen molar-refractivity contribution >= 4 is 28.8 Å². The fourth-order valence-corrected chi connectivity index (χ4v) is 2.72. The second-order valence-electron chi connectivity index (χ2n) is 5.82. The summed E-state index contributed by atoms with van der Waals surface area (Å²) in [6, 6.07) is 8.00. The number of hydrogen-bond donors (Lipinski definition) is 4. The first-order valence-electron chi connectivity index (χ1n) is 7.99. The molecular weight excluding hydrogens is 324 g/mol. The van der Waals surface area contributed by atoms with Crippen LogP contribution in [0.4, 0.5) is 4.79 Å². The Morgan fingerprint density at radius 2 is 2.00 bits per heavy atom. The van der Waals surface area contributed by atoms with Gasteiger partial charge in [-0.15, -0.1) is 0 Å². The number of benzene rings is 1. The zero-order chi connectivity index (χ0) is 18.4. The number of hydrogen-bond acceptors (Lipinski definition) is 3. The Bertz CT molecular complexity index is 784. The number of aryl methyl sites for hydroxylation is 1. The largest absolute Gasteiger partial charge is 0.480 e. The molecule has 0 radical (unpaired) electrons. The van der Waals surface area contributed by atoms with Gasteiger partial charge in [0.1, 0.15) is 12.6 Å². The van der Waals surface area contributed by atoms with Crippen LogP contribution in [0.1, 0.15) is 18.5 Å². The second-order valence-corrected chi connectivity index (χ2v) is 5.82. The van der Waals surface area contributed by atoms with Crippen LogP contribution < -0.4 is 16.4 Å². The molecule has 0 aliphatic rings. The van der Waals surface area contributed by atoms with Gasteiger partial charge in [0.2, 0.25) is 5.91 Å². The van der Waals surface area contributed by atoms with Crippen LogP contribution in [-0.2, 0) is 16.1 Å². The molecule has 1 heterocycles. The molecule has 1 aromatic heterocycles. The zero-order valence-corrected chi connectivity index (χ0v) is 14.0. The van der Waals surface area contributed by atoms with Crippen molar-refractivity contribution in [2.75, 3.05) is 6.54 Å². The van der Waals surface area contributed by atoms with E-state index in [9.17, 15) is 19.5 Å². The smallest absolute Gasteiger partial charge is 0.326 e. The highest BCUT2D eigenvalue weighted by atomic mass is 16.4. The van der Waals surface area contributed by atoms with E-state index in [1.54, 1.807) is 0 Å². The van der Waals surface area contributed by atoms with Gasteiger partial charge in [-0.1, -0.05) is 18.2 Å². The Morgan fingerprint density at radius 3 is 2.68 bits per heavy atom. The molecule has 0 fully saturated rings. The van der Waals surface area contributed by atoms with Gasteiger partial charge in [-0.05, 0) is 37.3 Å². The number of para-hydroxylation sites is 1. The van der Waals surface area contributed by atoms with Gasteiger partial charge in [0.05, 0.1) is 0 Å². The lowest BCUT2D eigenvalue weighted by Gasteiger charge is -2.16. The number of primary amides is 1. The SMILES string of the molecule is Cc1cc2ccccc2n1CC(=O)NC(CCCNC(N)=O)C(=O)O. The molecular formula is C17H22N4O4. The molecule has 0 aliphatic heterocycles. The van der Waals surface area contributed by atoms with E-state index in [1.165, 1.54) is 0 Å². The van der Waals surface area contributed by atoms with Gasteiger partial charge in [0.25, 0.3) is 0 Å². The molecule has 2 aromatic rings. The molecule has 0 saturated heterocycles. The summed E-state index contributed by atoms with van der Waals surface area (Å²) in [5.74, 6) is -1.48. The average Bonchev–Trinajstić information content (AvgIpc) is 2.86.